The van der Waals surface area contributed by atoms with Gasteiger partial charge in [0.25, 0.3) is 5.91 Å². The maximum Gasteiger partial charge on any atom is 0.442 e. The summed E-state index contributed by atoms with van der Waals surface area (Å²) < 4.78 is 24.9. The Bertz CT molecular complexity index is 1430. The molecule has 0 saturated heterocycles. The van der Waals surface area contributed by atoms with Gasteiger partial charge in [0.1, 0.15) is 18.2 Å². The van der Waals surface area contributed by atoms with E-state index in [2.05, 4.69) is 10.5 Å². The fourth-order valence-corrected chi connectivity index (χ4v) is 3.91. The van der Waals surface area contributed by atoms with Gasteiger partial charge < -0.3 is 10.1 Å². The number of ketones is 1. The molecule has 0 unspecified atom stereocenters. The van der Waals surface area contributed by atoms with Crippen LogP contribution in [0.2, 0.25) is 0 Å². The fourth-order valence-electron chi connectivity index (χ4n) is 3.91. The molecule has 4 rings (SSSR count). The molecule has 0 fully saturated rings. The highest BCUT2D eigenvalue weighted by Gasteiger charge is 2.25. The van der Waals surface area contributed by atoms with E-state index in [-0.39, 0.29) is 25.5 Å². The molecule has 1 aromatic heterocycles. The van der Waals surface area contributed by atoms with E-state index >= 15 is 0 Å². The van der Waals surface area contributed by atoms with E-state index in [1.807, 2.05) is 44.2 Å². The van der Waals surface area contributed by atoms with Crippen LogP contribution in [0.25, 0.3) is 11.4 Å². The van der Waals surface area contributed by atoms with Gasteiger partial charge in [-0.1, -0.05) is 49.3 Å². The van der Waals surface area contributed by atoms with E-state index in [1.165, 1.54) is 24.3 Å². The minimum atomic E-state index is -0.848. The maximum absolute atomic E-state index is 13.3. The largest absolute Gasteiger partial charge is 0.489 e. The average molecular weight is 520 g/mol. The molecule has 8 nitrogen and oxygen atoms in total. The monoisotopic (exact) mass is 519 g/mol. The van der Waals surface area contributed by atoms with Gasteiger partial charge in [0.05, 0.1) is 12.6 Å². The SMILES string of the molecule is CC(C)C[C@H](NC(=O)c1ccc(OCc2ccccc2)cc1)C(=O)Cn1c(-c2ccc(F)cc2)noc1=O.[HH]. The molecule has 0 aliphatic carbocycles. The number of carbonyl (C=O) groups is 2. The number of nitrogens with one attached hydrogen (secondary N) is 1. The van der Waals surface area contributed by atoms with Gasteiger partial charge in [-0.05, 0) is 66.4 Å². The summed E-state index contributed by atoms with van der Waals surface area (Å²) in [6.07, 6.45) is 0.370. The summed E-state index contributed by atoms with van der Waals surface area (Å²) in [6, 6.07) is 20.9. The topological polar surface area (TPSA) is 103 Å². The Morgan fingerprint density at radius 1 is 1.03 bits per heavy atom. The lowest BCUT2D eigenvalue weighted by Crippen LogP contribution is -2.44. The number of ether oxygens (including phenoxy) is 1. The van der Waals surface area contributed by atoms with Crippen molar-refractivity contribution in [1.82, 2.24) is 15.0 Å². The number of rotatable bonds is 11. The van der Waals surface area contributed by atoms with Crippen molar-refractivity contribution in [3.05, 3.63) is 106 Å². The van der Waals surface area contributed by atoms with Gasteiger partial charge in [-0.3, -0.25) is 14.1 Å². The van der Waals surface area contributed by atoms with Crippen LogP contribution in [-0.2, 0) is 17.9 Å². The zero-order valence-corrected chi connectivity index (χ0v) is 21.1. The van der Waals surface area contributed by atoms with Crippen molar-refractivity contribution in [3.63, 3.8) is 0 Å². The predicted molar refractivity (Wildman–Crippen MR) is 141 cm³/mol. The lowest BCUT2D eigenvalue weighted by Gasteiger charge is -2.20. The number of hydrogen-bond donors (Lipinski definition) is 1. The predicted octanol–water partition coefficient (Wildman–Crippen LogP) is 4.88. The molecule has 9 heteroatoms. The molecular weight excluding hydrogens is 489 g/mol. The minimum absolute atomic E-state index is 0. The molecule has 3 aromatic carbocycles. The average Bonchev–Trinajstić information content (AvgIpc) is 3.27. The van der Waals surface area contributed by atoms with Gasteiger partial charge in [0, 0.05) is 12.6 Å². The highest BCUT2D eigenvalue weighted by atomic mass is 19.1. The fraction of sp³-hybridized carbons (Fsp3) is 0.241. The summed E-state index contributed by atoms with van der Waals surface area (Å²) in [5.41, 5.74) is 1.82. The zero-order valence-electron chi connectivity index (χ0n) is 21.1. The number of hydrogen-bond acceptors (Lipinski definition) is 6. The third kappa shape index (κ3) is 6.82. The van der Waals surface area contributed by atoms with E-state index in [0.29, 0.717) is 29.9 Å². The molecular formula is C29H30FN3O5. The van der Waals surface area contributed by atoms with Crippen molar-refractivity contribution in [2.24, 2.45) is 5.92 Å². The normalized spacial score (nSPS) is 11.8. The third-order valence-electron chi connectivity index (χ3n) is 5.87. The van der Waals surface area contributed by atoms with E-state index < -0.39 is 23.5 Å². The molecule has 198 valence electrons. The van der Waals surface area contributed by atoms with Crippen LogP contribution in [0.1, 0.15) is 37.6 Å². The quantitative estimate of drug-likeness (QED) is 0.303. The smallest absolute Gasteiger partial charge is 0.442 e. The number of halogens is 1. The van der Waals surface area contributed by atoms with Crippen molar-refractivity contribution < 1.29 is 24.7 Å². The van der Waals surface area contributed by atoms with Crippen LogP contribution in [0.15, 0.2) is 88.2 Å². The molecule has 4 aromatic rings. The summed E-state index contributed by atoms with van der Waals surface area (Å²) in [5, 5.41) is 6.54. The molecule has 1 amide bonds. The number of amides is 1. The number of carbonyl (C=O) groups excluding carboxylic acids is 2. The molecule has 1 heterocycles. The van der Waals surface area contributed by atoms with Gasteiger partial charge in [-0.25, -0.2) is 13.8 Å². The zero-order chi connectivity index (χ0) is 27.1. The molecule has 1 N–H and O–H groups in total. The van der Waals surface area contributed by atoms with Crippen molar-refractivity contribution in [1.29, 1.82) is 0 Å². The first kappa shape index (κ1) is 26.5. The van der Waals surface area contributed by atoms with Crippen molar-refractivity contribution in [2.45, 2.75) is 39.5 Å². The molecule has 0 saturated carbocycles. The summed E-state index contributed by atoms with van der Waals surface area (Å²) in [6.45, 7) is 3.90. The summed E-state index contributed by atoms with van der Waals surface area (Å²) >= 11 is 0. The second-order valence-electron chi connectivity index (χ2n) is 9.29. The Morgan fingerprint density at radius 3 is 2.37 bits per heavy atom. The van der Waals surface area contributed by atoms with Crippen LogP contribution >= 0.6 is 0 Å². The maximum atomic E-state index is 13.3. The molecule has 1 atom stereocenters. The Labute approximate surface area is 220 Å². The Kier molecular flexibility index (Phi) is 8.47. The van der Waals surface area contributed by atoms with Gasteiger partial charge >= 0.3 is 5.76 Å². The first-order valence-electron chi connectivity index (χ1n) is 12.2. The Balaban J connectivity index is 0.00000420. The second-order valence-corrected chi connectivity index (χ2v) is 9.29. The van der Waals surface area contributed by atoms with Gasteiger partial charge in [0.2, 0.25) is 0 Å². The van der Waals surface area contributed by atoms with Gasteiger partial charge in [-0.15, -0.1) is 0 Å². The first-order valence-corrected chi connectivity index (χ1v) is 12.2. The van der Waals surface area contributed by atoms with E-state index in [1.54, 1.807) is 24.3 Å². The van der Waals surface area contributed by atoms with Gasteiger partial charge in [-0.2, -0.15) is 0 Å². The van der Waals surface area contributed by atoms with Crippen molar-refractivity contribution in [2.75, 3.05) is 0 Å². The Hall–Kier alpha value is -4.53. The summed E-state index contributed by atoms with van der Waals surface area (Å²) in [7, 11) is 0. The molecule has 0 radical (unpaired) electrons. The molecule has 0 spiro atoms. The van der Waals surface area contributed by atoms with Crippen LogP contribution in [-0.4, -0.2) is 27.5 Å². The standard InChI is InChI=1S/C29H28FN3O5.H2/c1-19(2)16-25(26(34)17-33-27(32-38-29(33)36)21-8-12-23(30)13-9-21)31-28(35)22-10-14-24(15-11-22)37-18-20-6-4-3-5-7-20;/h3-15,19,25H,16-18H2,1-2H3,(H,31,35);1H/t25-;/m0./s1. The summed E-state index contributed by atoms with van der Waals surface area (Å²) in [5.74, 6) is -1.27. The van der Waals surface area contributed by atoms with Crippen molar-refractivity contribution in [3.8, 4) is 17.1 Å². The number of aromatic nitrogens is 2. The number of Topliss-reactive ketones (excluding diaryl/α,β-unsaturated/α-hetero) is 1. The van der Waals surface area contributed by atoms with E-state index in [9.17, 15) is 18.8 Å². The van der Waals surface area contributed by atoms with Crippen LogP contribution in [0.3, 0.4) is 0 Å². The highest BCUT2D eigenvalue weighted by Crippen LogP contribution is 2.18. The first-order chi connectivity index (χ1) is 18.3. The van der Waals surface area contributed by atoms with Crippen molar-refractivity contribution >= 4 is 11.7 Å². The highest BCUT2D eigenvalue weighted by molar-refractivity contribution is 5.98. The van der Waals surface area contributed by atoms with Crippen LogP contribution in [0, 0.1) is 11.7 Å². The molecule has 38 heavy (non-hydrogen) atoms. The molecule has 0 bridgehead atoms. The van der Waals surface area contributed by atoms with Crippen LogP contribution < -0.4 is 15.8 Å². The van der Waals surface area contributed by atoms with E-state index in [0.717, 1.165) is 10.1 Å². The Morgan fingerprint density at radius 2 is 1.71 bits per heavy atom. The number of nitrogens with zero attached hydrogens (tertiary/aromatic N) is 2. The lowest BCUT2D eigenvalue weighted by molar-refractivity contribution is -0.121. The summed E-state index contributed by atoms with van der Waals surface area (Å²) in [4.78, 5) is 38.5. The third-order valence-corrected chi connectivity index (χ3v) is 5.87. The van der Waals surface area contributed by atoms with Crippen LogP contribution in [0.4, 0.5) is 4.39 Å². The van der Waals surface area contributed by atoms with Gasteiger partial charge in [0.15, 0.2) is 11.6 Å². The minimum Gasteiger partial charge on any atom is -0.489 e. The van der Waals surface area contributed by atoms with E-state index in [4.69, 9.17) is 9.26 Å². The molecule has 0 aliphatic rings. The lowest BCUT2D eigenvalue weighted by atomic mass is 9.99. The number of benzene rings is 3. The molecule has 0 aliphatic heterocycles. The van der Waals surface area contributed by atoms with Crippen LogP contribution in [0.5, 0.6) is 5.75 Å². The second kappa shape index (κ2) is 12.1.